The largest absolute Gasteiger partial charge is 0.456 e. The van der Waals surface area contributed by atoms with Gasteiger partial charge in [-0.3, -0.25) is 0 Å². The van der Waals surface area contributed by atoms with Gasteiger partial charge in [0.1, 0.15) is 11.2 Å². The molecule has 0 unspecified atom stereocenters. The van der Waals surface area contributed by atoms with Crippen LogP contribution in [0.15, 0.2) is 199 Å². The van der Waals surface area contributed by atoms with Crippen molar-refractivity contribution >= 4 is 86.6 Å². The quantitative estimate of drug-likeness (QED) is 0.132. The second-order valence-corrected chi connectivity index (χ2v) is 14.8. The third-order valence-corrected chi connectivity index (χ3v) is 11.8. The lowest BCUT2D eigenvalue weighted by atomic mass is 9.85. The number of rotatable bonds is 3. The predicted octanol–water partition coefficient (Wildman–Crippen LogP) is 15.5. The molecule has 0 aliphatic heterocycles. The lowest BCUT2D eigenvalue weighted by Crippen LogP contribution is -1.91. The van der Waals surface area contributed by atoms with Gasteiger partial charge in [-0.25, -0.2) is 0 Å². The van der Waals surface area contributed by atoms with Gasteiger partial charge in [-0.1, -0.05) is 158 Å². The van der Waals surface area contributed by atoms with Crippen molar-refractivity contribution in [3.8, 4) is 33.4 Å². The van der Waals surface area contributed by atoms with Gasteiger partial charge in [0.05, 0.1) is 0 Å². The molecule has 254 valence electrons. The van der Waals surface area contributed by atoms with Gasteiger partial charge in [0.25, 0.3) is 0 Å². The Kier molecular flexibility index (Phi) is 6.40. The van der Waals surface area contributed by atoms with Crippen LogP contribution in [0.3, 0.4) is 0 Å². The maximum Gasteiger partial charge on any atom is 0.136 e. The van der Waals surface area contributed by atoms with E-state index in [1.165, 1.54) is 92.5 Å². The van der Waals surface area contributed by atoms with Crippen molar-refractivity contribution in [2.24, 2.45) is 0 Å². The molecular formula is C54H32O. The highest BCUT2D eigenvalue weighted by molar-refractivity contribution is 6.26. The van der Waals surface area contributed by atoms with Crippen molar-refractivity contribution in [3.63, 3.8) is 0 Å². The molecule has 0 bridgehead atoms. The monoisotopic (exact) mass is 696 g/mol. The summed E-state index contributed by atoms with van der Waals surface area (Å²) in [4.78, 5) is 0. The highest BCUT2D eigenvalue weighted by atomic mass is 16.3. The van der Waals surface area contributed by atoms with Crippen LogP contribution in [-0.4, -0.2) is 0 Å². The molecule has 0 atom stereocenters. The standard InChI is InChI=1S/C54H32O/c1-2-13-35-31-52-50(30-34(35)12-1)44-27-25-38(32-51(44)55-52)54-47-22-9-7-20-45(47)53(46-21-8-10-23-48(46)54)37-15-11-14-33(28-37)36-24-26-43-41-18-4-3-16-39(41)40-17-5-6-19-42(40)49(43)29-36/h1-32H. The Labute approximate surface area is 317 Å². The van der Waals surface area contributed by atoms with Crippen LogP contribution in [0, 0.1) is 0 Å². The third-order valence-electron chi connectivity index (χ3n) is 11.8. The van der Waals surface area contributed by atoms with Gasteiger partial charge < -0.3 is 4.42 Å². The molecule has 0 aliphatic carbocycles. The predicted molar refractivity (Wildman–Crippen MR) is 235 cm³/mol. The Hall–Kier alpha value is -7.22. The molecule has 0 spiro atoms. The molecule has 0 fully saturated rings. The first kappa shape index (κ1) is 30.3. The average molecular weight is 697 g/mol. The van der Waals surface area contributed by atoms with E-state index in [2.05, 4.69) is 194 Å². The fraction of sp³-hybridized carbons (Fsp3) is 0. The van der Waals surface area contributed by atoms with Gasteiger partial charge in [-0.2, -0.15) is 0 Å². The normalized spacial score (nSPS) is 12.0. The zero-order valence-corrected chi connectivity index (χ0v) is 29.9. The first-order valence-corrected chi connectivity index (χ1v) is 19.0. The molecule has 1 heterocycles. The van der Waals surface area contributed by atoms with E-state index in [9.17, 15) is 0 Å². The van der Waals surface area contributed by atoms with Crippen molar-refractivity contribution in [2.45, 2.75) is 0 Å². The Morgan fingerprint density at radius 3 is 1.25 bits per heavy atom. The fourth-order valence-corrected chi connectivity index (χ4v) is 9.31. The van der Waals surface area contributed by atoms with E-state index in [4.69, 9.17) is 4.42 Å². The number of furan rings is 1. The van der Waals surface area contributed by atoms with Crippen LogP contribution in [0.25, 0.3) is 120 Å². The molecule has 12 rings (SSSR count). The summed E-state index contributed by atoms with van der Waals surface area (Å²) in [7, 11) is 0. The smallest absolute Gasteiger partial charge is 0.136 e. The van der Waals surface area contributed by atoms with E-state index in [1.54, 1.807) is 0 Å². The number of hydrogen-bond acceptors (Lipinski definition) is 1. The van der Waals surface area contributed by atoms with Crippen molar-refractivity contribution in [1.82, 2.24) is 0 Å². The topological polar surface area (TPSA) is 13.1 Å². The Morgan fingerprint density at radius 2 is 0.636 bits per heavy atom. The van der Waals surface area contributed by atoms with Gasteiger partial charge in [0, 0.05) is 10.8 Å². The van der Waals surface area contributed by atoms with E-state index in [0.717, 1.165) is 27.5 Å². The second kappa shape index (κ2) is 11.6. The van der Waals surface area contributed by atoms with Crippen molar-refractivity contribution in [2.75, 3.05) is 0 Å². The Bertz CT molecular complexity index is 3460. The molecule has 0 saturated heterocycles. The van der Waals surface area contributed by atoms with E-state index in [0.29, 0.717) is 0 Å². The van der Waals surface area contributed by atoms with Crippen LogP contribution in [-0.2, 0) is 0 Å². The van der Waals surface area contributed by atoms with Gasteiger partial charge >= 0.3 is 0 Å². The van der Waals surface area contributed by atoms with E-state index < -0.39 is 0 Å². The minimum Gasteiger partial charge on any atom is -0.456 e. The van der Waals surface area contributed by atoms with Crippen LogP contribution in [0.4, 0.5) is 0 Å². The fourth-order valence-electron chi connectivity index (χ4n) is 9.31. The molecule has 11 aromatic carbocycles. The summed E-state index contributed by atoms with van der Waals surface area (Å²) in [5.74, 6) is 0. The number of hydrogen-bond donors (Lipinski definition) is 0. The summed E-state index contributed by atoms with van der Waals surface area (Å²) >= 11 is 0. The summed E-state index contributed by atoms with van der Waals surface area (Å²) in [6.07, 6.45) is 0. The molecule has 1 heteroatoms. The first-order valence-electron chi connectivity index (χ1n) is 19.0. The zero-order valence-electron chi connectivity index (χ0n) is 29.9. The van der Waals surface area contributed by atoms with Crippen molar-refractivity contribution < 1.29 is 4.42 Å². The van der Waals surface area contributed by atoms with E-state index in [-0.39, 0.29) is 0 Å². The Balaban J connectivity index is 1.05. The molecule has 55 heavy (non-hydrogen) atoms. The molecule has 0 radical (unpaired) electrons. The molecule has 0 amide bonds. The van der Waals surface area contributed by atoms with Gasteiger partial charge in [-0.15, -0.1) is 0 Å². The number of benzene rings is 11. The van der Waals surface area contributed by atoms with E-state index in [1.807, 2.05) is 0 Å². The van der Waals surface area contributed by atoms with Crippen LogP contribution >= 0.6 is 0 Å². The highest BCUT2D eigenvalue weighted by Gasteiger charge is 2.19. The maximum atomic E-state index is 6.57. The highest BCUT2D eigenvalue weighted by Crippen LogP contribution is 2.46. The summed E-state index contributed by atoms with van der Waals surface area (Å²) in [5, 5.41) is 17.4. The third kappa shape index (κ3) is 4.54. The zero-order chi connectivity index (χ0) is 36.0. The average Bonchev–Trinajstić information content (AvgIpc) is 3.61. The minimum absolute atomic E-state index is 0.906. The lowest BCUT2D eigenvalue weighted by Gasteiger charge is -2.18. The van der Waals surface area contributed by atoms with Crippen LogP contribution in [0.1, 0.15) is 0 Å². The maximum absolute atomic E-state index is 6.57. The molecule has 1 nitrogen and oxygen atoms in total. The minimum atomic E-state index is 0.906. The SMILES string of the molecule is c1cc(-c2ccc3c4ccccc4c4ccccc4c3c2)cc(-c2c3ccccc3c(-c3ccc4c(c3)oc3cc5ccccc5cc34)c3ccccc23)c1. The summed E-state index contributed by atoms with van der Waals surface area (Å²) in [6.45, 7) is 0. The lowest BCUT2D eigenvalue weighted by molar-refractivity contribution is 0.669. The summed E-state index contributed by atoms with van der Waals surface area (Å²) in [6, 6.07) is 71.1. The molecule has 0 aliphatic rings. The summed E-state index contributed by atoms with van der Waals surface area (Å²) in [5.41, 5.74) is 9.09. The van der Waals surface area contributed by atoms with Crippen molar-refractivity contribution in [1.29, 1.82) is 0 Å². The second-order valence-electron chi connectivity index (χ2n) is 14.8. The van der Waals surface area contributed by atoms with Gasteiger partial charge in [0.15, 0.2) is 0 Å². The first-order chi connectivity index (χ1) is 27.3. The molecule has 1 aromatic heterocycles. The number of fused-ring (bicyclic) bond motifs is 12. The van der Waals surface area contributed by atoms with Crippen LogP contribution in [0.5, 0.6) is 0 Å². The van der Waals surface area contributed by atoms with Crippen molar-refractivity contribution in [3.05, 3.63) is 194 Å². The van der Waals surface area contributed by atoms with Gasteiger partial charge in [0.2, 0.25) is 0 Å². The van der Waals surface area contributed by atoms with E-state index >= 15 is 0 Å². The van der Waals surface area contributed by atoms with Crippen LogP contribution in [0.2, 0.25) is 0 Å². The molecule has 0 N–H and O–H groups in total. The van der Waals surface area contributed by atoms with Crippen LogP contribution < -0.4 is 0 Å². The van der Waals surface area contributed by atoms with Gasteiger partial charge in [-0.05, 0) is 134 Å². The molecular weight excluding hydrogens is 665 g/mol. The molecule has 12 aromatic rings. The summed E-state index contributed by atoms with van der Waals surface area (Å²) < 4.78 is 6.57. The Morgan fingerprint density at radius 1 is 0.218 bits per heavy atom. The molecule has 0 saturated carbocycles.